The van der Waals surface area contributed by atoms with Crippen LogP contribution in [0.2, 0.25) is 0 Å². The van der Waals surface area contributed by atoms with Gasteiger partial charge in [0.05, 0.1) is 34.8 Å². The summed E-state index contributed by atoms with van der Waals surface area (Å²) in [4.78, 5) is 9.30. The molecule has 6 heterocycles. The maximum atomic E-state index is 12.4. The molecule has 6 saturated heterocycles. The Kier molecular flexibility index (Phi) is 42.1. The van der Waals surface area contributed by atoms with Gasteiger partial charge in [0.25, 0.3) is 0 Å². The molecule has 0 spiro atoms. The molecule has 2 unspecified atom stereocenters. The van der Waals surface area contributed by atoms with Gasteiger partial charge >= 0.3 is 0 Å². The zero-order chi connectivity index (χ0) is 54.5. The fraction of sp³-hybridized carbons (Fsp3) is 0.406. The number of hydrogen-bond acceptors (Lipinski definition) is 14. The van der Waals surface area contributed by atoms with Crippen molar-refractivity contribution < 1.29 is 81.8 Å². The number of aliphatic imine (C=N–C) groups is 2. The van der Waals surface area contributed by atoms with E-state index in [-0.39, 0.29) is 115 Å². The quantitative estimate of drug-likeness (QED) is 0.0710. The number of aromatic hydroxyl groups is 2. The van der Waals surface area contributed by atoms with Gasteiger partial charge in [0.15, 0.2) is 0 Å². The molecule has 0 saturated carbocycles. The van der Waals surface area contributed by atoms with E-state index in [4.69, 9.17) is 28.4 Å². The summed E-state index contributed by atoms with van der Waals surface area (Å²) in [6, 6.07) is 40.8. The molecule has 6 fully saturated rings. The molecule has 6 aromatic carbocycles. The van der Waals surface area contributed by atoms with Crippen LogP contribution in [0.1, 0.15) is 111 Å². The molecule has 14 nitrogen and oxygen atoms in total. The minimum absolute atomic E-state index is 0. The van der Waals surface area contributed by atoms with E-state index in [1.807, 2.05) is 72.8 Å². The molecule has 18 heteroatoms. The first-order chi connectivity index (χ1) is 38.5. The molecule has 12 rings (SSSR count). The summed E-state index contributed by atoms with van der Waals surface area (Å²) in [6.07, 6.45) is 18.4. The zero-order valence-electron chi connectivity index (χ0n) is 47.8. The third kappa shape index (κ3) is 28.9. The van der Waals surface area contributed by atoms with E-state index in [1.165, 1.54) is 102 Å². The third-order valence-corrected chi connectivity index (χ3v) is 12.8. The van der Waals surface area contributed by atoms with Crippen LogP contribution >= 0.6 is 0 Å². The predicted octanol–water partition coefficient (Wildman–Crippen LogP) is 11.8. The summed E-state index contributed by atoms with van der Waals surface area (Å²) in [5.74, 6) is -0.168. The maximum absolute atomic E-state index is 12.4. The Morgan fingerprint density at radius 2 is 0.598 bits per heavy atom. The standard InChI is InChI=1S/C40H34N4O4.6C4H8O.2Na.2Ni/c45-35-21-9-1-13-27(35)25-41-31-17-5-7-19-33(31)43-39(29-15-3-11-23-37(29)47)40(30-16-4-12-24-38(30)48)44-34-20-8-6-18-32(34)42-26-28-14-2-10-22-36(28)46;6*1-2-4-5-3-1;;;;/h1-26,39-40,43-48H;6*1-4H2;;;;/p-2. The number of hydrogen-bond donors (Lipinski definition) is 4. The van der Waals surface area contributed by atoms with E-state index in [9.17, 15) is 20.4 Å². The number of phenolic OH excluding ortho intramolecular Hbond substituents is 2. The molecule has 6 aromatic rings. The second-order valence-electron chi connectivity index (χ2n) is 18.9. The van der Waals surface area contributed by atoms with Gasteiger partial charge in [0.1, 0.15) is 11.5 Å². The molecule has 0 bridgehead atoms. The van der Waals surface area contributed by atoms with Crippen LogP contribution in [0, 0.1) is 0 Å². The Balaban J connectivity index is 0.000000539. The van der Waals surface area contributed by atoms with E-state index in [0.717, 1.165) is 79.3 Å². The van der Waals surface area contributed by atoms with Gasteiger partial charge in [0.2, 0.25) is 0 Å². The maximum Gasteiger partial charge on any atom is 0.120 e. The van der Waals surface area contributed by atoms with Gasteiger partial charge in [0, 0.05) is 195 Å². The number of para-hydroxylation sites is 8. The van der Waals surface area contributed by atoms with E-state index in [2.05, 4.69) is 20.6 Å². The minimum Gasteiger partial charge on any atom is -0.872 e. The van der Waals surface area contributed by atoms with Crippen LogP contribution in [0.3, 0.4) is 0 Å². The first-order valence-corrected chi connectivity index (χ1v) is 27.8. The van der Waals surface area contributed by atoms with Crippen molar-refractivity contribution in [1.82, 2.24) is 0 Å². The van der Waals surface area contributed by atoms with Crippen molar-refractivity contribution >= 4 is 94.3 Å². The minimum atomic E-state index is -0.679. The van der Waals surface area contributed by atoms with Crippen LogP contribution in [-0.4, -0.2) is 161 Å². The van der Waals surface area contributed by atoms with Crippen LogP contribution in [0.5, 0.6) is 23.0 Å². The van der Waals surface area contributed by atoms with Crippen LogP contribution in [0.15, 0.2) is 156 Å². The largest absolute Gasteiger partial charge is 0.872 e. The Hall–Kier alpha value is -3.79. The summed E-state index contributed by atoms with van der Waals surface area (Å²) in [5.41, 5.74) is 4.42. The monoisotopic (exact) mass is 1230 g/mol. The molecule has 6 aliphatic heterocycles. The zero-order valence-corrected chi connectivity index (χ0v) is 53.8. The first-order valence-electron chi connectivity index (χ1n) is 27.8. The summed E-state index contributed by atoms with van der Waals surface area (Å²) in [7, 11) is 0. The molecular weight excluding hydrogens is 1150 g/mol. The van der Waals surface area contributed by atoms with E-state index < -0.39 is 12.1 Å². The van der Waals surface area contributed by atoms with Crippen LogP contribution in [0.4, 0.5) is 22.7 Å². The third-order valence-electron chi connectivity index (χ3n) is 12.8. The van der Waals surface area contributed by atoms with E-state index in [1.54, 1.807) is 60.7 Å². The number of ether oxygens (including phenoxy) is 6. The van der Waals surface area contributed by atoms with Crippen molar-refractivity contribution in [3.8, 4) is 23.0 Å². The van der Waals surface area contributed by atoms with Gasteiger partial charge < -0.3 is 59.5 Å². The van der Waals surface area contributed by atoms with Crippen LogP contribution < -0.4 is 20.8 Å². The first kappa shape index (κ1) is 74.3. The van der Waals surface area contributed by atoms with E-state index >= 15 is 0 Å². The molecule has 440 valence electrons. The molecule has 2 radical (unpaired) electrons. The number of rotatable bonds is 11. The van der Waals surface area contributed by atoms with Crippen molar-refractivity contribution in [3.63, 3.8) is 0 Å². The molecule has 0 amide bonds. The predicted molar refractivity (Wildman–Crippen MR) is 320 cm³/mol. The second kappa shape index (κ2) is 46.5. The van der Waals surface area contributed by atoms with Crippen molar-refractivity contribution in [3.05, 3.63) is 168 Å². The second-order valence-corrected chi connectivity index (χ2v) is 18.9. The van der Waals surface area contributed by atoms with Gasteiger partial charge in [-0.25, -0.2) is 0 Å². The van der Waals surface area contributed by atoms with Crippen molar-refractivity contribution in [2.75, 3.05) is 89.9 Å². The van der Waals surface area contributed by atoms with Gasteiger partial charge in [-0.3, -0.25) is 9.98 Å². The van der Waals surface area contributed by atoms with Crippen molar-refractivity contribution in [1.29, 1.82) is 0 Å². The van der Waals surface area contributed by atoms with Crippen LogP contribution in [-0.2, 0) is 61.4 Å². The molecule has 4 N–H and O–H groups in total. The molecule has 0 aliphatic carbocycles. The van der Waals surface area contributed by atoms with Gasteiger partial charge in [-0.05, 0) is 125 Å². The van der Waals surface area contributed by atoms with E-state index in [0.29, 0.717) is 45.0 Å². The van der Waals surface area contributed by atoms with Gasteiger partial charge in [-0.1, -0.05) is 109 Å². The molecule has 6 aliphatic rings. The average Bonchev–Trinajstić information content (AvgIpc) is 4.44. The Bertz CT molecular complexity index is 2360. The summed E-state index contributed by atoms with van der Waals surface area (Å²) >= 11 is 0. The molecule has 82 heavy (non-hydrogen) atoms. The van der Waals surface area contributed by atoms with Crippen molar-refractivity contribution in [2.24, 2.45) is 9.98 Å². The number of anilines is 2. The average molecular weight is 1230 g/mol. The van der Waals surface area contributed by atoms with Crippen LogP contribution in [0.25, 0.3) is 0 Å². The smallest absolute Gasteiger partial charge is 0.120 e. The Morgan fingerprint density at radius 3 is 0.854 bits per heavy atom. The summed E-state index contributed by atoms with van der Waals surface area (Å²) < 4.78 is 29.7. The fourth-order valence-electron chi connectivity index (χ4n) is 8.45. The number of nitrogens with zero attached hydrogens (tertiary/aromatic N) is 2. The SMILES string of the molecule is C1CCOC1.C1CCOC1.C1CCOC1.C1CCOC1.C1CCOC1.C1CCOC1.[Na].[Na].[Ni].[Ni].[O-]c1ccccc1C=Nc1ccccc1NC(c1ccccc1O)C(Nc1ccccc1N=Cc1ccccc1[O-])c1ccccc1O. The summed E-state index contributed by atoms with van der Waals surface area (Å²) in [6.45, 7) is 12.0. The van der Waals surface area contributed by atoms with Gasteiger partial charge in [-0.2, -0.15) is 0 Å². The molecular formula is C64H80N4Na2Ni2O10-2. The normalized spacial score (nSPS) is 16.1. The van der Waals surface area contributed by atoms with Crippen molar-refractivity contribution in [2.45, 2.75) is 89.1 Å². The summed E-state index contributed by atoms with van der Waals surface area (Å²) in [5, 5.41) is 54.2. The Labute approximate surface area is 551 Å². The molecule has 0 aromatic heterocycles. The van der Waals surface area contributed by atoms with Gasteiger partial charge in [-0.15, -0.1) is 11.5 Å². The topological polar surface area (TPSA) is 191 Å². The number of phenols is 2. The number of benzene rings is 6. The molecule has 2 atom stereocenters. The number of nitrogens with one attached hydrogen (secondary N) is 2. The Morgan fingerprint density at radius 1 is 0.354 bits per heavy atom. The fourth-order valence-corrected chi connectivity index (χ4v) is 8.45.